The molecule has 144 valence electrons. The largest absolute Gasteiger partial charge is 0.494 e. The molecule has 0 spiro atoms. The van der Waals surface area contributed by atoms with Gasteiger partial charge in [-0.15, -0.1) is 0 Å². The lowest BCUT2D eigenvalue weighted by Crippen LogP contribution is -2.34. The first-order chi connectivity index (χ1) is 13.5. The van der Waals surface area contributed by atoms with Crippen LogP contribution in [0.25, 0.3) is 10.9 Å². The van der Waals surface area contributed by atoms with Crippen molar-refractivity contribution in [3.05, 3.63) is 75.8 Å². The van der Waals surface area contributed by atoms with Gasteiger partial charge in [-0.1, -0.05) is 6.07 Å². The van der Waals surface area contributed by atoms with Crippen molar-refractivity contribution in [2.24, 2.45) is 0 Å². The third kappa shape index (κ3) is 3.76. The van der Waals surface area contributed by atoms with E-state index in [1.807, 2.05) is 25.1 Å². The number of amides is 1. The number of benzene rings is 2. The first-order valence-corrected chi connectivity index (χ1v) is 9.40. The highest BCUT2D eigenvalue weighted by Gasteiger charge is 2.33. The minimum atomic E-state index is -0.450. The summed E-state index contributed by atoms with van der Waals surface area (Å²) in [5.74, 6) is 0.0149. The summed E-state index contributed by atoms with van der Waals surface area (Å²) >= 11 is 0. The molecule has 28 heavy (non-hydrogen) atoms. The number of rotatable bonds is 6. The number of pyridine rings is 1. The summed E-state index contributed by atoms with van der Waals surface area (Å²) in [6.45, 7) is 2.65. The van der Waals surface area contributed by atoms with Crippen LogP contribution in [0.1, 0.15) is 35.7 Å². The van der Waals surface area contributed by atoms with E-state index in [0.29, 0.717) is 23.3 Å². The molecular formula is C22H21FN2O3. The number of halogens is 1. The summed E-state index contributed by atoms with van der Waals surface area (Å²) in [5, 5.41) is 0.842. The lowest BCUT2D eigenvalue weighted by molar-refractivity contribution is 0.0729. The average Bonchev–Trinajstić information content (AvgIpc) is 3.51. The third-order valence-corrected chi connectivity index (χ3v) is 4.86. The van der Waals surface area contributed by atoms with Gasteiger partial charge >= 0.3 is 0 Å². The summed E-state index contributed by atoms with van der Waals surface area (Å²) in [6.07, 6.45) is 1.78. The fourth-order valence-electron chi connectivity index (χ4n) is 3.33. The lowest BCUT2D eigenvalue weighted by Gasteiger charge is -2.22. The highest BCUT2D eigenvalue weighted by molar-refractivity contribution is 5.94. The SMILES string of the molecule is CCOc1ccc2[nH]c(=O)c(CN(C(=O)c3cccc(F)c3)C3CC3)cc2c1. The van der Waals surface area contributed by atoms with Gasteiger partial charge in [-0.05, 0) is 62.2 Å². The van der Waals surface area contributed by atoms with Crippen LogP contribution < -0.4 is 10.3 Å². The van der Waals surface area contributed by atoms with Gasteiger partial charge in [0.25, 0.3) is 11.5 Å². The Hall–Kier alpha value is -3.15. The number of hydrogen-bond acceptors (Lipinski definition) is 3. The zero-order valence-corrected chi connectivity index (χ0v) is 15.6. The molecule has 1 aromatic heterocycles. The van der Waals surface area contributed by atoms with Crippen LogP contribution in [-0.2, 0) is 6.54 Å². The van der Waals surface area contributed by atoms with Gasteiger partial charge in [0.05, 0.1) is 13.2 Å². The van der Waals surface area contributed by atoms with Gasteiger partial charge in [-0.2, -0.15) is 0 Å². The molecule has 1 N–H and O–H groups in total. The molecule has 3 aromatic rings. The van der Waals surface area contributed by atoms with Crippen LogP contribution in [0, 0.1) is 5.82 Å². The molecule has 0 bridgehead atoms. The standard InChI is InChI=1S/C22H21FN2O3/c1-2-28-19-8-9-20-15(12-19)10-16(21(26)24-20)13-25(18-6-7-18)22(27)14-4-3-5-17(23)11-14/h3-5,8-12,18H,2,6-7,13H2,1H3,(H,24,26). The van der Waals surface area contributed by atoms with Crippen LogP contribution in [0.4, 0.5) is 4.39 Å². The molecule has 0 atom stereocenters. The molecule has 6 heteroatoms. The Morgan fingerprint density at radius 3 is 2.75 bits per heavy atom. The molecule has 0 saturated heterocycles. The van der Waals surface area contributed by atoms with Crippen LogP contribution in [-0.4, -0.2) is 28.4 Å². The first kappa shape index (κ1) is 18.2. The van der Waals surface area contributed by atoms with Crippen LogP contribution in [0.2, 0.25) is 0 Å². The third-order valence-electron chi connectivity index (χ3n) is 4.86. The summed E-state index contributed by atoms with van der Waals surface area (Å²) in [7, 11) is 0. The number of fused-ring (bicyclic) bond motifs is 1. The number of nitrogens with one attached hydrogen (secondary N) is 1. The topological polar surface area (TPSA) is 62.4 Å². The maximum atomic E-state index is 13.5. The zero-order chi connectivity index (χ0) is 19.7. The normalized spacial score (nSPS) is 13.5. The fourth-order valence-corrected chi connectivity index (χ4v) is 3.33. The van der Waals surface area contributed by atoms with Crippen molar-refractivity contribution in [3.63, 3.8) is 0 Å². The van der Waals surface area contributed by atoms with Crippen molar-refractivity contribution >= 4 is 16.8 Å². The van der Waals surface area contributed by atoms with E-state index in [2.05, 4.69) is 4.98 Å². The number of carbonyl (C=O) groups is 1. The number of nitrogens with zero attached hydrogens (tertiary/aromatic N) is 1. The zero-order valence-electron chi connectivity index (χ0n) is 15.6. The van der Waals surface area contributed by atoms with E-state index in [0.717, 1.165) is 24.0 Å². The van der Waals surface area contributed by atoms with Gasteiger partial charge in [-0.3, -0.25) is 9.59 Å². The second kappa shape index (κ2) is 7.46. The van der Waals surface area contributed by atoms with Gasteiger partial charge in [0, 0.05) is 28.1 Å². The summed E-state index contributed by atoms with van der Waals surface area (Å²) in [4.78, 5) is 30.0. The molecule has 0 aliphatic heterocycles. The Labute approximate surface area is 161 Å². The van der Waals surface area contributed by atoms with E-state index >= 15 is 0 Å². The molecule has 1 amide bonds. The quantitative estimate of drug-likeness (QED) is 0.706. The maximum absolute atomic E-state index is 13.5. The predicted octanol–water partition coefficient (Wildman–Crippen LogP) is 3.87. The molecule has 1 heterocycles. The van der Waals surface area contributed by atoms with E-state index in [4.69, 9.17) is 4.74 Å². The number of H-pyrrole nitrogens is 1. The molecule has 1 aliphatic carbocycles. The van der Waals surface area contributed by atoms with Gasteiger partial charge in [-0.25, -0.2) is 4.39 Å². The molecule has 4 rings (SSSR count). The van der Waals surface area contributed by atoms with E-state index in [9.17, 15) is 14.0 Å². The van der Waals surface area contributed by atoms with Crippen molar-refractivity contribution in [1.29, 1.82) is 0 Å². The highest BCUT2D eigenvalue weighted by Crippen LogP contribution is 2.30. The Balaban J connectivity index is 1.67. The average molecular weight is 380 g/mol. The first-order valence-electron chi connectivity index (χ1n) is 9.40. The molecule has 1 saturated carbocycles. The number of aromatic amines is 1. The van der Waals surface area contributed by atoms with Crippen molar-refractivity contribution in [1.82, 2.24) is 9.88 Å². The predicted molar refractivity (Wildman–Crippen MR) is 105 cm³/mol. The molecular weight excluding hydrogens is 359 g/mol. The Kier molecular flexibility index (Phi) is 4.86. The smallest absolute Gasteiger partial charge is 0.254 e. The van der Waals surface area contributed by atoms with Crippen LogP contribution in [0.15, 0.2) is 53.3 Å². The summed E-state index contributed by atoms with van der Waals surface area (Å²) in [5.41, 5.74) is 1.28. The highest BCUT2D eigenvalue weighted by atomic mass is 19.1. The fraction of sp³-hybridized carbons (Fsp3) is 0.273. The van der Waals surface area contributed by atoms with Gasteiger partial charge in [0.1, 0.15) is 11.6 Å². The van der Waals surface area contributed by atoms with E-state index in [1.54, 1.807) is 17.0 Å². The molecule has 5 nitrogen and oxygen atoms in total. The molecule has 1 fully saturated rings. The molecule has 0 unspecified atom stereocenters. The minimum absolute atomic E-state index is 0.0839. The van der Waals surface area contributed by atoms with Crippen LogP contribution in [0.5, 0.6) is 5.75 Å². The van der Waals surface area contributed by atoms with Crippen molar-refractivity contribution in [2.75, 3.05) is 6.61 Å². The Morgan fingerprint density at radius 1 is 1.21 bits per heavy atom. The Morgan fingerprint density at radius 2 is 2.04 bits per heavy atom. The maximum Gasteiger partial charge on any atom is 0.254 e. The monoisotopic (exact) mass is 380 g/mol. The number of aromatic nitrogens is 1. The van der Waals surface area contributed by atoms with E-state index < -0.39 is 5.82 Å². The van der Waals surface area contributed by atoms with E-state index in [1.165, 1.54) is 18.2 Å². The minimum Gasteiger partial charge on any atom is -0.494 e. The number of carbonyl (C=O) groups excluding carboxylic acids is 1. The summed E-state index contributed by atoms with van der Waals surface area (Å²) < 4.78 is 19.1. The molecule has 2 aromatic carbocycles. The van der Waals surface area contributed by atoms with Crippen molar-refractivity contribution < 1.29 is 13.9 Å². The second-order valence-corrected chi connectivity index (χ2v) is 6.98. The van der Waals surface area contributed by atoms with Crippen LogP contribution in [0.3, 0.4) is 0 Å². The van der Waals surface area contributed by atoms with Gasteiger partial charge in [0.15, 0.2) is 0 Å². The van der Waals surface area contributed by atoms with Crippen LogP contribution >= 0.6 is 0 Å². The Bertz CT molecular complexity index is 1090. The summed E-state index contributed by atoms with van der Waals surface area (Å²) in [6, 6.07) is 13.0. The van der Waals surface area contributed by atoms with E-state index in [-0.39, 0.29) is 24.1 Å². The van der Waals surface area contributed by atoms with Gasteiger partial charge in [0.2, 0.25) is 0 Å². The van der Waals surface area contributed by atoms with Gasteiger partial charge < -0.3 is 14.6 Å². The molecule has 1 aliphatic rings. The second-order valence-electron chi connectivity index (χ2n) is 6.98. The van der Waals surface area contributed by atoms with Crippen molar-refractivity contribution in [3.8, 4) is 5.75 Å². The number of ether oxygens (including phenoxy) is 1. The number of hydrogen-bond donors (Lipinski definition) is 1. The van der Waals surface area contributed by atoms with Crippen molar-refractivity contribution in [2.45, 2.75) is 32.4 Å². The molecule has 0 radical (unpaired) electrons. The lowest BCUT2D eigenvalue weighted by atomic mass is 10.1.